The second kappa shape index (κ2) is 7.47. The summed E-state index contributed by atoms with van der Waals surface area (Å²) in [6.07, 6.45) is 3.52. The molecule has 0 spiro atoms. The largest absolute Gasteiger partial charge is 0.497 e. The molecule has 0 aliphatic carbocycles. The van der Waals surface area contributed by atoms with Crippen LogP contribution in [0, 0.1) is 0 Å². The van der Waals surface area contributed by atoms with Gasteiger partial charge in [-0.25, -0.2) is 4.98 Å². The lowest BCUT2D eigenvalue weighted by Gasteiger charge is -2.41. The summed E-state index contributed by atoms with van der Waals surface area (Å²) in [5, 5.41) is 6.08. The van der Waals surface area contributed by atoms with Crippen molar-refractivity contribution >= 4 is 17.5 Å². The molecule has 1 aliphatic heterocycles. The molecule has 26 heavy (non-hydrogen) atoms. The van der Waals surface area contributed by atoms with Gasteiger partial charge in [0.2, 0.25) is 5.91 Å². The number of nitrogens with zero attached hydrogens (tertiary/aromatic N) is 2. The van der Waals surface area contributed by atoms with E-state index in [-0.39, 0.29) is 17.5 Å². The fourth-order valence-corrected chi connectivity index (χ4v) is 3.20. The number of rotatable bonds is 5. The summed E-state index contributed by atoms with van der Waals surface area (Å²) in [6.45, 7) is 0.881. The van der Waals surface area contributed by atoms with E-state index in [1.165, 1.54) is 12.7 Å². The molecule has 1 aromatic heterocycles. The molecule has 8 nitrogen and oxygen atoms in total. The number of methoxy groups -OCH3 is 1. The average molecular weight is 358 g/mol. The third-order valence-electron chi connectivity index (χ3n) is 4.67. The van der Waals surface area contributed by atoms with Gasteiger partial charge in [0.05, 0.1) is 7.11 Å². The third kappa shape index (κ3) is 3.49. The number of hydrogen-bond acceptors (Lipinski definition) is 6. The number of oxazole rings is 1. The van der Waals surface area contributed by atoms with Crippen LogP contribution in [-0.4, -0.2) is 54.5 Å². The molecule has 0 unspecified atom stereocenters. The van der Waals surface area contributed by atoms with E-state index in [1.54, 1.807) is 19.1 Å². The van der Waals surface area contributed by atoms with Crippen molar-refractivity contribution in [2.24, 2.45) is 0 Å². The molecule has 3 rings (SSSR count). The molecule has 2 heterocycles. The Morgan fingerprint density at radius 3 is 2.69 bits per heavy atom. The van der Waals surface area contributed by atoms with Gasteiger partial charge >= 0.3 is 0 Å². The zero-order chi connectivity index (χ0) is 18.6. The van der Waals surface area contributed by atoms with E-state index in [1.807, 2.05) is 24.3 Å². The van der Waals surface area contributed by atoms with Crippen molar-refractivity contribution in [3.05, 3.63) is 42.6 Å². The highest BCUT2D eigenvalue weighted by molar-refractivity contribution is 5.93. The van der Waals surface area contributed by atoms with Gasteiger partial charge < -0.3 is 24.7 Å². The molecule has 2 N–H and O–H groups in total. The first-order chi connectivity index (χ1) is 12.6. The predicted molar refractivity (Wildman–Crippen MR) is 95.1 cm³/mol. The Morgan fingerprint density at radius 2 is 2.08 bits per heavy atom. The van der Waals surface area contributed by atoms with Crippen molar-refractivity contribution in [3.8, 4) is 5.75 Å². The second-order valence-electron chi connectivity index (χ2n) is 6.18. The maximum Gasteiger partial charge on any atom is 0.275 e. The van der Waals surface area contributed by atoms with Crippen LogP contribution in [0.2, 0.25) is 0 Å². The zero-order valence-corrected chi connectivity index (χ0v) is 14.8. The van der Waals surface area contributed by atoms with Crippen LogP contribution in [0.15, 0.2) is 41.3 Å². The first-order valence-corrected chi connectivity index (χ1v) is 8.40. The van der Waals surface area contributed by atoms with E-state index in [9.17, 15) is 9.59 Å². The van der Waals surface area contributed by atoms with E-state index in [0.717, 1.165) is 5.69 Å². The van der Waals surface area contributed by atoms with Crippen molar-refractivity contribution in [2.45, 2.75) is 18.4 Å². The lowest BCUT2D eigenvalue weighted by molar-refractivity contribution is -0.126. The standard InChI is InChI=1S/C18H22N4O4/c1-19-17(24)18(21-13-4-3-5-14(10-13)25-2)6-8-22(9-7-18)16(23)15-11-26-12-20-15/h3-5,10-12,21H,6-9H2,1-2H3,(H,19,24). The van der Waals surface area contributed by atoms with Gasteiger partial charge in [-0.05, 0) is 25.0 Å². The first kappa shape index (κ1) is 17.8. The summed E-state index contributed by atoms with van der Waals surface area (Å²) < 4.78 is 10.1. The minimum Gasteiger partial charge on any atom is -0.497 e. The van der Waals surface area contributed by atoms with Crippen LogP contribution in [0.4, 0.5) is 5.69 Å². The number of ether oxygens (including phenoxy) is 1. The van der Waals surface area contributed by atoms with E-state index in [0.29, 0.717) is 31.7 Å². The number of anilines is 1. The Hall–Kier alpha value is -3.03. The number of piperidine rings is 1. The van der Waals surface area contributed by atoms with E-state index >= 15 is 0 Å². The molecule has 0 atom stereocenters. The van der Waals surface area contributed by atoms with E-state index < -0.39 is 5.54 Å². The van der Waals surface area contributed by atoms with Gasteiger partial charge in [0.15, 0.2) is 12.1 Å². The van der Waals surface area contributed by atoms with Crippen LogP contribution in [-0.2, 0) is 4.79 Å². The van der Waals surface area contributed by atoms with Crippen LogP contribution >= 0.6 is 0 Å². The van der Waals surface area contributed by atoms with Crippen LogP contribution < -0.4 is 15.4 Å². The quantitative estimate of drug-likeness (QED) is 0.841. The minimum atomic E-state index is -0.790. The number of benzene rings is 1. The number of aromatic nitrogens is 1. The molecule has 0 saturated carbocycles. The van der Waals surface area contributed by atoms with Gasteiger partial charge in [0.1, 0.15) is 17.6 Å². The van der Waals surface area contributed by atoms with Crippen molar-refractivity contribution in [1.82, 2.24) is 15.2 Å². The molecular weight excluding hydrogens is 336 g/mol. The maximum atomic E-state index is 12.6. The van der Waals surface area contributed by atoms with Gasteiger partial charge in [-0.15, -0.1) is 0 Å². The molecule has 2 aromatic rings. The van der Waals surface area contributed by atoms with Crippen LogP contribution in [0.25, 0.3) is 0 Å². The molecule has 0 radical (unpaired) electrons. The Bertz CT molecular complexity index is 767. The van der Waals surface area contributed by atoms with Gasteiger partial charge in [0, 0.05) is 31.9 Å². The fraction of sp³-hybridized carbons (Fsp3) is 0.389. The van der Waals surface area contributed by atoms with Crippen molar-refractivity contribution < 1.29 is 18.7 Å². The smallest absolute Gasteiger partial charge is 0.275 e. The number of likely N-dealkylation sites (tertiary alicyclic amines) is 1. The molecule has 0 bridgehead atoms. The molecule has 8 heteroatoms. The third-order valence-corrected chi connectivity index (χ3v) is 4.67. The number of carbonyl (C=O) groups excluding carboxylic acids is 2. The number of amides is 2. The van der Waals surface area contributed by atoms with Crippen LogP contribution in [0.1, 0.15) is 23.3 Å². The minimum absolute atomic E-state index is 0.103. The van der Waals surface area contributed by atoms with Crippen molar-refractivity contribution in [2.75, 3.05) is 32.6 Å². The second-order valence-corrected chi connectivity index (χ2v) is 6.18. The Morgan fingerprint density at radius 1 is 1.31 bits per heavy atom. The molecular formula is C18H22N4O4. The SMILES string of the molecule is CNC(=O)C1(Nc2cccc(OC)c2)CCN(C(=O)c2cocn2)CC1. The average Bonchev–Trinajstić information content (AvgIpc) is 3.22. The fourth-order valence-electron chi connectivity index (χ4n) is 3.20. The molecule has 138 valence electrons. The summed E-state index contributed by atoms with van der Waals surface area (Å²) in [5.41, 5.74) is 0.282. The van der Waals surface area contributed by atoms with Gasteiger partial charge in [-0.1, -0.05) is 6.07 Å². The number of hydrogen-bond donors (Lipinski definition) is 2. The zero-order valence-electron chi connectivity index (χ0n) is 14.8. The van der Waals surface area contributed by atoms with E-state index in [4.69, 9.17) is 9.15 Å². The van der Waals surface area contributed by atoms with Gasteiger partial charge in [-0.2, -0.15) is 0 Å². The topological polar surface area (TPSA) is 96.7 Å². The molecule has 1 fully saturated rings. The summed E-state index contributed by atoms with van der Waals surface area (Å²) in [5.74, 6) is 0.417. The predicted octanol–water partition coefficient (Wildman–Crippen LogP) is 1.52. The van der Waals surface area contributed by atoms with Gasteiger partial charge in [-0.3, -0.25) is 9.59 Å². The molecule has 1 aliphatic rings. The lowest BCUT2D eigenvalue weighted by atomic mass is 9.85. The maximum absolute atomic E-state index is 12.6. The van der Waals surface area contributed by atoms with Gasteiger partial charge in [0.25, 0.3) is 5.91 Å². The highest BCUT2D eigenvalue weighted by Crippen LogP contribution is 2.29. The van der Waals surface area contributed by atoms with Crippen molar-refractivity contribution in [1.29, 1.82) is 0 Å². The number of carbonyl (C=O) groups is 2. The highest BCUT2D eigenvalue weighted by atomic mass is 16.5. The van der Waals surface area contributed by atoms with Crippen molar-refractivity contribution in [3.63, 3.8) is 0 Å². The normalized spacial score (nSPS) is 16.0. The summed E-state index contributed by atoms with van der Waals surface area (Å²) >= 11 is 0. The molecule has 1 aromatic carbocycles. The lowest BCUT2D eigenvalue weighted by Crippen LogP contribution is -2.58. The molecule has 1 saturated heterocycles. The van der Waals surface area contributed by atoms with Crippen LogP contribution in [0.3, 0.4) is 0 Å². The Labute approximate surface area is 151 Å². The first-order valence-electron chi connectivity index (χ1n) is 8.40. The summed E-state index contributed by atoms with van der Waals surface area (Å²) in [4.78, 5) is 30.6. The summed E-state index contributed by atoms with van der Waals surface area (Å²) in [6, 6.07) is 7.44. The van der Waals surface area contributed by atoms with E-state index in [2.05, 4.69) is 15.6 Å². The Balaban J connectivity index is 1.75. The molecule has 2 amide bonds. The Kier molecular flexibility index (Phi) is 5.11. The number of nitrogens with one attached hydrogen (secondary N) is 2. The summed E-state index contributed by atoms with van der Waals surface area (Å²) in [7, 11) is 3.21. The van der Waals surface area contributed by atoms with Crippen LogP contribution in [0.5, 0.6) is 5.75 Å². The number of likely N-dealkylation sites (N-methyl/N-ethyl adjacent to an activating group) is 1. The monoisotopic (exact) mass is 358 g/mol. The highest BCUT2D eigenvalue weighted by Gasteiger charge is 2.42.